The Hall–Kier alpha value is -0.0800. The van der Waals surface area contributed by atoms with Crippen LogP contribution in [0, 0.1) is 0 Å². The van der Waals surface area contributed by atoms with Gasteiger partial charge in [0, 0.05) is 6.61 Å². The van der Waals surface area contributed by atoms with Crippen molar-refractivity contribution in [2.24, 2.45) is 0 Å². The molecular formula is C6H12O2. The first-order valence-corrected chi connectivity index (χ1v) is 2.95. The van der Waals surface area contributed by atoms with Gasteiger partial charge in [0.15, 0.2) is 0 Å². The number of rotatable bonds is 0. The molecule has 8 heavy (non-hydrogen) atoms. The van der Waals surface area contributed by atoms with Gasteiger partial charge in [-0.2, -0.15) is 0 Å². The molecule has 1 saturated heterocycles. The molecule has 2 nitrogen and oxygen atoms in total. The average Bonchev–Trinajstić information content (AvgIpc) is 1.86. The van der Waals surface area contributed by atoms with Gasteiger partial charge >= 0.3 is 0 Å². The van der Waals surface area contributed by atoms with E-state index in [1.165, 1.54) is 0 Å². The number of ether oxygens (including phenoxy) is 1. The maximum absolute atomic E-state index is 9.13. The van der Waals surface area contributed by atoms with Gasteiger partial charge in [-0.25, -0.2) is 0 Å². The molecule has 0 bridgehead atoms. The van der Waals surface area contributed by atoms with Crippen molar-refractivity contribution in [3.05, 3.63) is 0 Å². The Morgan fingerprint density at radius 1 is 1.62 bits per heavy atom. The van der Waals surface area contributed by atoms with Gasteiger partial charge in [-0.1, -0.05) is 0 Å². The summed E-state index contributed by atoms with van der Waals surface area (Å²) >= 11 is 0. The fourth-order valence-corrected chi connectivity index (χ4v) is 0.877. The summed E-state index contributed by atoms with van der Waals surface area (Å²) < 4.78 is 5.20. The van der Waals surface area contributed by atoms with Crippen molar-refractivity contribution in [1.29, 1.82) is 0 Å². The number of hydrogen-bond donors (Lipinski definition) is 1. The van der Waals surface area contributed by atoms with Crippen LogP contribution in [0.2, 0.25) is 0 Å². The van der Waals surface area contributed by atoms with Crippen molar-refractivity contribution in [3.63, 3.8) is 0 Å². The molecule has 0 saturated carbocycles. The van der Waals surface area contributed by atoms with Crippen molar-refractivity contribution >= 4 is 0 Å². The molecule has 1 unspecified atom stereocenters. The molecule has 1 aliphatic rings. The molecule has 1 heterocycles. The van der Waals surface area contributed by atoms with E-state index in [0.717, 1.165) is 6.42 Å². The highest BCUT2D eigenvalue weighted by molar-refractivity contribution is 4.83. The van der Waals surface area contributed by atoms with Gasteiger partial charge in [-0.15, -0.1) is 0 Å². The van der Waals surface area contributed by atoms with E-state index >= 15 is 0 Å². The SMILES string of the molecule is CC1(C)OCCC1O. The third-order valence-corrected chi connectivity index (χ3v) is 1.67. The minimum atomic E-state index is -0.292. The number of aliphatic hydroxyl groups excluding tert-OH is 1. The molecule has 0 radical (unpaired) electrons. The highest BCUT2D eigenvalue weighted by Crippen LogP contribution is 2.23. The summed E-state index contributed by atoms with van der Waals surface area (Å²) in [6.45, 7) is 4.52. The van der Waals surface area contributed by atoms with Crippen LogP contribution in [0.25, 0.3) is 0 Å². The fraction of sp³-hybridized carbons (Fsp3) is 1.00. The lowest BCUT2D eigenvalue weighted by Crippen LogP contribution is -2.31. The maximum atomic E-state index is 9.13. The lowest BCUT2D eigenvalue weighted by Gasteiger charge is -2.20. The molecule has 0 amide bonds. The van der Waals surface area contributed by atoms with Crippen LogP contribution in [0.3, 0.4) is 0 Å². The Labute approximate surface area is 49.5 Å². The van der Waals surface area contributed by atoms with E-state index in [-0.39, 0.29) is 11.7 Å². The normalized spacial score (nSPS) is 35.6. The Kier molecular flexibility index (Phi) is 1.29. The van der Waals surface area contributed by atoms with Crippen LogP contribution in [0.4, 0.5) is 0 Å². The van der Waals surface area contributed by atoms with Gasteiger partial charge in [0.2, 0.25) is 0 Å². The van der Waals surface area contributed by atoms with E-state index in [0.29, 0.717) is 6.61 Å². The highest BCUT2D eigenvalue weighted by Gasteiger charge is 2.33. The van der Waals surface area contributed by atoms with Crippen LogP contribution in [0.15, 0.2) is 0 Å². The predicted molar refractivity (Wildman–Crippen MR) is 30.7 cm³/mol. The van der Waals surface area contributed by atoms with Crippen molar-refractivity contribution in [2.45, 2.75) is 32.0 Å². The summed E-state index contributed by atoms with van der Waals surface area (Å²) in [6, 6.07) is 0. The average molecular weight is 116 g/mol. The van der Waals surface area contributed by atoms with Crippen molar-refractivity contribution in [1.82, 2.24) is 0 Å². The third-order valence-electron chi connectivity index (χ3n) is 1.67. The summed E-state index contributed by atoms with van der Waals surface area (Å²) in [7, 11) is 0. The minimum absolute atomic E-state index is 0.262. The van der Waals surface area contributed by atoms with Gasteiger partial charge in [0.25, 0.3) is 0 Å². The summed E-state index contributed by atoms with van der Waals surface area (Å²) in [5, 5.41) is 9.13. The first-order chi connectivity index (χ1) is 3.63. The van der Waals surface area contributed by atoms with Crippen LogP contribution in [-0.2, 0) is 4.74 Å². The zero-order valence-electron chi connectivity index (χ0n) is 5.35. The van der Waals surface area contributed by atoms with E-state index in [1.807, 2.05) is 13.8 Å². The van der Waals surface area contributed by atoms with Crippen molar-refractivity contribution in [3.8, 4) is 0 Å². The summed E-state index contributed by atoms with van der Waals surface area (Å²) in [4.78, 5) is 0. The Morgan fingerprint density at radius 2 is 2.25 bits per heavy atom. The smallest absolute Gasteiger partial charge is 0.0885 e. The lowest BCUT2D eigenvalue weighted by molar-refractivity contribution is -0.0287. The van der Waals surface area contributed by atoms with Crippen LogP contribution in [0.5, 0.6) is 0 Å². The first-order valence-electron chi connectivity index (χ1n) is 2.95. The molecule has 1 atom stereocenters. The topological polar surface area (TPSA) is 29.5 Å². The summed E-state index contributed by atoms with van der Waals surface area (Å²) in [6.07, 6.45) is 0.523. The van der Waals surface area contributed by atoms with Gasteiger partial charge in [-0.05, 0) is 20.3 Å². The predicted octanol–water partition coefficient (Wildman–Crippen LogP) is 0.546. The summed E-state index contributed by atoms with van der Waals surface area (Å²) in [5.74, 6) is 0. The zero-order chi connectivity index (χ0) is 6.20. The van der Waals surface area contributed by atoms with Gasteiger partial charge < -0.3 is 9.84 Å². The molecule has 0 aromatic heterocycles. The molecule has 0 aliphatic carbocycles. The van der Waals surface area contributed by atoms with E-state index in [4.69, 9.17) is 9.84 Å². The molecule has 1 N–H and O–H groups in total. The second kappa shape index (κ2) is 1.71. The molecular weight excluding hydrogens is 104 g/mol. The van der Waals surface area contributed by atoms with Crippen LogP contribution < -0.4 is 0 Å². The summed E-state index contributed by atoms with van der Waals surface area (Å²) in [5.41, 5.74) is -0.292. The third kappa shape index (κ3) is 0.858. The van der Waals surface area contributed by atoms with Crippen LogP contribution >= 0.6 is 0 Å². The first kappa shape index (κ1) is 6.05. The van der Waals surface area contributed by atoms with E-state index in [9.17, 15) is 0 Å². The van der Waals surface area contributed by atoms with Crippen molar-refractivity contribution < 1.29 is 9.84 Å². The van der Waals surface area contributed by atoms with Crippen molar-refractivity contribution in [2.75, 3.05) is 6.61 Å². The monoisotopic (exact) mass is 116 g/mol. The van der Waals surface area contributed by atoms with Gasteiger partial charge in [-0.3, -0.25) is 0 Å². The second-order valence-electron chi connectivity index (χ2n) is 2.76. The molecule has 0 aromatic carbocycles. The molecule has 1 fully saturated rings. The lowest BCUT2D eigenvalue weighted by atomic mass is 10.0. The standard InChI is InChI=1S/C6H12O2/c1-6(2)5(7)3-4-8-6/h5,7H,3-4H2,1-2H3. The zero-order valence-corrected chi connectivity index (χ0v) is 5.35. The van der Waals surface area contributed by atoms with Crippen LogP contribution in [-0.4, -0.2) is 23.4 Å². The van der Waals surface area contributed by atoms with Gasteiger partial charge in [0.1, 0.15) is 0 Å². The largest absolute Gasteiger partial charge is 0.390 e. The minimum Gasteiger partial charge on any atom is -0.390 e. The maximum Gasteiger partial charge on any atom is 0.0885 e. The van der Waals surface area contributed by atoms with E-state index in [1.54, 1.807) is 0 Å². The molecule has 1 aliphatic heterocycles. The second-order valence-corrected chi connectivity index (χ2v) is 2.76. The molecule has 48 valence electrons. The Balaban J connectivity index is 2.54. The molecule has 2 heteroatoms. The Morgan fingerprint density at radius 3 is 2.38 bits per heavy atom. The van der Waals surface area contributed by atoms with E-state index in [2.05, 4.69) is 0 Å². The molecule has 1 rings (SSSR count). The highest BCUT2D eigenvalue weighted by atomic mass is 16.5. The Bertz CT molecular complexity index is 88.5. The van der Waals surface area contributed by atoms with Gasteiger partial charge in [0.05, 0.1) is 11.7 Å². The fourth-order valence-electron chi connectivity index (χ4n) is 0.877. The van der Waals surface area contributed by atoms with Crippen LogP contribution in [0.1, 0.15) is 20.3 Å². The molecule has 0 aromatic rings. The van der Waals surface area contributed by atoms with E-state index < -0.39 is 0 Å². The number of hydrogen-bond acceptors (Lipinski definition) is 2. The molecule has 0 spiro atoms. The number of aliphatic hydroxyl groups is 1. The quantitative estimate of drug-likeness (QED) is 0.500.